The van der Waals surface area contributed by atoms with Crippen molar-refractivity contribution >= 4 is 11.6 Å². The first-order valence-corrected chi connectivity index (χ1v) is 14.9. The van der Waals surface area contributed by atoms with Crippen LogP contribution in [0.3, 0.4) is 0 Å². The monoisotopic (exact) mass is 545 g/mol. The third kappa shape index (κ3) is 6.41. The van der Waals surface area contributed by atoms with Gasteiger partial charge in [0.1, 0.15) is 17.7 Å². The number of carbonyl (C=O) groups excluding carboxylic acids is 1. The first-order chi connectivity index (χ1) is 19.3. The number of amides is 1. The van der Waals surface area contributed by atoms with Crippen LogP contribution in [0.25, 0.3) is 11.3 Å². The van der Waals surface area contributed by atoms with Gasteiger partial charge in [0, 0.05) is 41.2 Å². The molecular formula is C33H43N3O4. The summed E-state index contributed by atoms with van der Waals surface area (Å²) in [5.41, 5.74) is 4.74. The Labute approximate surface area is 238 Å². The van der Waals surface area contributed by atoms with Crippen LogP contribution in [-0.2, 0) is 4.79 Å². The van der Waals surface area contributed by atoms with E-state index in [9.17, 15) is 9.90 Å². The average molecular weight is 546 g/mol. The van der Waals surface area contributed by atoms with E-state index in [4.69, 9.17) is 14.1 Å². The molecule has 0 aliphatic heterocycles. The van der Waals surface area contributed by atoms with Gasteiger partial charge in [0.2, 0.25) is 5.91 Å². The van der Waals surface area contributed by atoms with E-state index >= 15 is 0 Å². The Morgan fingerprint density at radius 1 is 1.05 bits per heavy atom. The van der Waals surface area contributed by atoms with E-state index in [0.29, 0.717) is 37.1 Å². The molecule has 7 nitrogen and oxygen atoms in total. The number of benzene rings is 1. The molecule has 0 bridgehead atoms. The summed E-state index contributed by atoms with van der Waals surface area (Å²) in [7, 11) is 1.68. The molecule has 1 N–H and O–H groups in total. The SMILES string of the molecule is COc1ccc(C2CCC(CN(C(=O)C3CCC(O)CC3)c3cccc(-c4coc(C(C)C)n4)c3)CC2)nc1C. The molecule has 7 heteroatoms. The number of nitrogens with zero attached hydrogens (tertiary/aromatic N) is 3. The molecule has 40 heavy (non-hydrogen) atoms. The number of hydrogen-bond acceptors (Lipinski definition) is 6. The maximum Gasteiger partial charge on any atom is 0.230 e. The number of aryl methyl sites for hydroxylation is 1. The fourth-order valence-corrected chi connectivity index (χ4v) is 6.29. The summed E-state index contributed by atoms with van der Waals surface area (Å²) in [5.74, 6) is 2.76. The zero-order valence-corrected chi connectivity index (χ0v) is 24.3. The molecule has 2 heterocycles. The van der Waals surface area contributed by atoms with Crippen LogP contribution in [0.1, 0.15) is 94.3 Å². The lowest BCUT2D eigenvalue weighted by Gasteiger charge is -2.35. The molecule has 0 saturated heterocycles. The number of aromatic nitrogens is 2. The van der Waals surface area contributed by atoms with Crippen molar-refractivity contribution in [1.29, 1.82) is 0 Å². The van der Waals surface area contributed by atoms with Gasteiger partial charge in [-0.1, -0.05) is 26.0 Å². The van der Waals surface area contributed by atoms with E-state index < -0.39 is 0 Å². The summed E-state index contributed by atoms with van der Waals surface area (Å²) in [4.78, 5) is 25.5. The van der Waals surface area contributed by atoms with Crippen LogP contribution >= 0.6 is 0 Å². The standard InChI is InChI=1S/C33H43N3O4/c1-21(2)32-35-30(20-40-32)26-6-5-7-27(18-26)36(33(38)25-12-14-28(37)15-13-25)19-23-8-10-24(11-9-23)29-16-17-31(39-4)22(3)34-29/h5-7,16-18,20-21,23-25,28,37H,8-15,19H2,1-4H3. The second kappa shape index (κ2) is 12.5. The van der Waals surface area contributed by atoms with E-state index in [2.05, 4.69) is 31.0 Å². The molecule has 1 amide bonds. The van der Waals surface area contributed by atoms with Crippen molar-refractivity contribution in [3.05, 3.63) is 59.9 Å². The number of methoxy groups -OCH3 is 1. The van der Waals surface area contributed by atoms with Gasteiger partial charge in [0.25, 0.3) is 0 Å². The van der Waals surface area contributed by atoms with Crippen molar-refractivity contribution in [3.8, 4) is 17.0 Å². The number of pyridine rings is 1. The summed E-state index contributed by atoms with van der Waals surface area (Å²) in [5, 5.41) is 10.0. The summed E-state index contributed by atoms with van der Waals surface area (Å²) < 4.78 is 11.1. The summed E-state index contributed by atoms with van der Waals surface area (Å²) >= 11 is 0. The zero-order valence-electron chi connectivity index (χ0n) is 24.3. The molecule has 2 aliphatic carbocycles. The summed E-state index contributed by atoms with van der Waals surface area (Å²) in [6.45, 7) is 6.83. The number of carbonyl (C=O) groups is 1. The van der Waals surface area contributed by atoms with E-state index in [0.717, 1.165) is 72.6 Å². The Hall–Kier alpha value is -3.19. The molecule has 214 valence electrons. The predicted octanol–water partition coefficient (Wildman–Crippen LogP) is 7.04. The maximum absolute atomic E-state index is 14.0. The molecule has 2 saturated carbocycles. The molecule has 3 aromatic rings. The Morgan fingerprint density at radius 2 is 1.80 bits per heavy atom. The van der Waals surface area contributed by atoms with Crippen molar-refractivity contribution in [3.63, 3.8) is 0 Å². The van der Waals surface area contributed by atoms with Gasteiger partial charge in [-0.15, -0.1) is 0 Å². The minimum atomic E-state index is -0.284. The van der Waals surface area contributed by atoms with Crippen LogP contribution < -0.4 is 9.64 Å². The minimum absolute atomic E-state index is 0.0468. The fraction of sp³-hybridized carbons (Fsp3) is 0.545. The highest BCUT2D eigenvalue weighted by Crippen LogP contribution is 2.38. The Morgan fingerprint density at radius 3 is 2.45 bits per heavy atom. The third-order valence-corrected chi connectivity index (χ3v) is 8.77. The second-order valence-electron chi connectivity index (χ2n) is 12.0. The number of rotatable bonds is 8. The predicted molar refractivity (Wildman–Crippen MR) is 157 cm³/mol. The highest BCUT2D eigenvalue weighted by atomic mass is 16.5. The topological polar surface area (TPSA) is 88.7 Å². The number of anilines is 1. The van der Waals surface area contributed by atoms with Crippen molar-refractivity contribution in [2.45, 2.75) is 90.1 Å². The first kappa shape index (κ1) is 28.3. The third-order valence-electron chi connectivity index (χ3n) is 8.77. The lowest BCUT2D eigenvalue weighted by molar-refractivity contribution is -0.124. The van der Waals surface area contributed by atoms with Crippen LogP contribution in [0.4, 0.5) is 5.69 Å². The van der Waals surface area contributed by atoms with Gasteiger partial charge in [-0.3, -0.25) is 9.78 Å². The Balaban J connectivity index is 1.33. The summed E-state index contributed by atoms with van der Waals surface area (Å²) in [6, 6.07) is 12.3. The van der Waals surface area contributed by atoms with Gasteiger partial charge < -0.3 is 19.2 Å². The maximum atomic E-state index is 14.0. The second-order valence-corrected chi connectivity index (χ2v) is 12.0. The van der Waals surface area contributed by atoms with Gasteiger partial charge in [-0.25, -0.2) is 4.98 Å². The normalized spacial score (nSPS) is 23.2. The van der Waals surface area contributed by atoms with Gasteiger partial charge in [-0.05, 0) is 88.5 Å². The van der Waals surface area contributed by atoms with Crippen LogP contribution in [0, 0.1) is 18.8 Å². The fourth-order valence-electron chi connectivity index (χ4n) is 6.29. The quantitative estimate of drug-likeness (QED) is 0.327. The molecule has 5 rings (SSSR count). The number of aliphatic hydroxyl groups is 1. The smallest absolute Gasteiger partial charge is 0.230 e. The van der Waals surface area contributed by atoms with Crippen molar-refractivity contribution in [2.75, 3.05) is 18.6 Å². The van der Waals surface area contributed by atoms with Gasteiger partial charge >= 0.3 is 0 Å². The first-order valence-electron chi connectivity index (χ1n) is 14.9. The van der Waals surface area contributed by atoms with Crippen LogP contribution in [0.2, 0.25) is 0 Å². The van der Waals surface area contributed by atoms with Gasteiger partial charge in [0.05, 0.1) is 18.9 Å². The van der Waals surface area contributed by atoms with Gasteiger partial charge in [0.15, 0.2) is 5.89 Å². The van der Waals surface area contributed by atoms with Crippen molar-refractivity contribution in [2.24, 2.45) is 11.8 Å². The zero-order chi connectivity index (χ0) is 28.2. The largest absolute Gasteiger partial charge is 0.495 e. The molecule has 1 aromatic carbocycles. The van der Waals surface area contributed by atoms with Crippen LogP contribution in [0.5, 0.6) is 5.75 Å². The molecule has 0 radical (unpaired) electrons. The van der Waals surface area contributed by atoms with E-state index in [-0.39, 0.29) is 23.8 Å². The van der Waals surface area contributed by atoms with E-state index in [1.54, 1.807) is 13.4 Å². The van der Waals surface area contributed by atoms with Crippen molar-refractivity contribution < 1.29 is 19.1 Å². The molecule has 2 aromatic heterocycles. The average Bonchev–Trinajstić information content (AvgIpc) is 3.47. The molecule has 2 fully saturated rings. The summed E-state index contributed by atoms with van der Waals surface area (Å²) in [6.07, 6.45) is 8.56. The number of aliphatic hydroxyl groups excluding tert-OH is 1. The molecule has 0 unspecified atom stereocenters. The Kier molecular flexibility index (Phi) is 8.89. The molecular weight excluding hydrogens is 502 g/mol. The van der Waals surface area contributed by atoms with E-state index in [1.165, 1.54) is 0 Å². The molecule has 0 atom stereocenters. The lowest BCUT2D eigenvalue weighted by Crippen LogP contribution is -2.41. The molecule has 2 aliphatic rings. The minimum Gasteiger partial charge on any atom is -0.495 e. The Bertz CT molecular complexity index is 1290. The number of oxazole rings is 1. The molecule has 0 spiro atoms. The highest BCUT2D eigenvalue weighted by molar-refractivity contribution is 5.95. The lowest BCUT2D eigenvalue weighted by atomic mass is 9.79. The number of ether oxygens (including phenoxy) is 1. The van der Waals surface area contributed by atoms with Gasteiger partial charge in [-0.2, -0.15) is 0 Å². The number of hydrogen-bond donors (Lipinski definition) is 1. The van der Waals surface area contributed by atoms with Crippen molar-refractivity contribution in [1.82, 2.24) is 9.97 Å². The highest BCUT2D eigenvalue weighted by Gasteiger charge is 2.32. The van der Waals surface area contributed by atoms with E-state index in [1.807, 2.05) is 36.1 Å². The van der Waals surface area contributed by atoms with Crippen LogP contribution in [-0.4, -0.2) is 40.7 Å². The van der Waals surface area contributed by atoms with Crippen LogP contribution in [0.15, 0.2) is 47.1 Å².